The van der Waals surface area contributed by atoms with Crippen molar-refractivity contribution < 1.29 is 4.79 Å². The number of nitrogens with zero attached hydrogens (tertiary/aromatic N) is 4. The SMILES string of the molecule is [N-]=[N+]=NCCCCNC(=O)c1cccc2cccnc12. The van der Waals surface area contributed by atoms with Gasteiger partial charge in [0.1, 0.15) is 0 Å². The number of rotatable bonds is 6. The van der Waals surface area contributed by atoms with E-state index in [2.05, 4.69) is 20.3 Å². The minimum atomic E-state index is -0.127. The Bertz CT molecular complexity index is 644. The van der Waals surface area contributed by atoms with E-state index in [0.29, 0.717) is 24.2 Å². The Morgan fingerprint density at radius 1 is 1.30 bits per heavy atom. The van der Waals surface area contributed by atoms with Crippen LogP contribution in [0, 0.1) is 0 Å². The minimum Gasteiger partial charge on any atom is -0.352 e. The smallest absolute Gasteiger partial charge is 0.253 e. The lowest BCUT2D eigenvalue weighted by Crippen LogP contribution is -2.24. The second-order valence-corrected chi connectivity index (χ2v) is 4.30. The number of carbonyl (C=O) groups excluding carboxylic acids is 1. The maximum Gasteiger partial charge on any atom is 0.253 e. The number of aromatic nitrogens is 1. The Morgan fingerprint density at radius 3 is 3.00 bits per heavy atom. The predicted molar refractivity (Wildman–Crippen MR) is 77.3 cm³/mol. The topological polar surface area (TPSA) is 90.8 Å². The Hall–Kier alpha value is -2.59. The van der Waals surface area contributed by atoms with Crippen LogP contribution in [0.15, 0.2) is 41.6 Å². The number of unbranched alkanes of at least 4 members (excludes halogenated alkanes) is 1. The normalized spacial score (nSPS) is 10.0. The molecule has 0 aliphatic rings. The molecule has 1 amide bonds. The number of hydrogen-bond acceptors (Lipinski definition) is 3. The zero-order valence-corrected chi connectivity index (χ0v) is 11.0. The Labute approximate surface area is 116 Å². The maximum atomic E-state index is 12.1. The van der Waals surface area contributed by atoms with Gasteiger partial charge in [-0.1, -0.05) is 23.3 Å². The molecule has 0 aliphatic carbocycles. The van der Waals surface area contributed by atoms with E-state index >= 15 is 0 Å². The lowest BCUT2D eigenvalue weighted by Gasteiger charge is -2.06. The molecule has 1 aromatic carbocycles. The van der Waals surface area contributed by atoms with Crippen LogP contribution in [-0.2, 0) is 0 Å². The summed E-state index contributed by atoms with van der Waals surface area (Å²) in [5.74, 6) is -0.127. The summed E-state index contributed by atoms with van der Waals surface area (Å²) < 4.78 is 0. The van der Waals surface area contributed by atoms with Crippen molar-refractivity contribution in [1.29, 1.82) is 0 Å². The van der Waals surface area contributed by atoms with Crippen LogP contribution in [0.2, 0.25) is 0 Å². The molecule has 1 aromatic heterocycles. The summed E-state index contributed by atoms with van der Waals surface area (Å²) in [6.45, 7) is 1.02. The van der Waals surface area contributed by atoms with E-state index < -0.39 is 0 Å². The first-order valence-corrected chi connectivity index (χ1v) is 6.46. The first kappa shape index (κ1) is 13.8. The van der Waals surface area contributed by atoms with Gasteiger partial charge in [0, 0.05) is 29.6 Å². The highest BCUT2D eigenvalue weighted by molar-refractivity contribution is 6.05. The lowest BCUT2D eigenvalue weighted by molar-refractivity contribution is 0.0954. The van der Waals surface area contributed by atoms with Crippen molar-refractivity contribution in [3.05, 3.63) is 52.5 Å². The van der Waals surface area contributed by atoms with Crippen LogP contribution < -0.4 is 5.32 Å². The number of pyridine rings is 1. The summed E-state index contributed by atoms with van der Waals surface area (Å²) in [4.78, 5) is 19.0. The van der Waals surface area contributed by atoms with Crippen LogP contribution in [0.3, 0.4) is 0 Å². The number of fused-ring (bicyclic) bond motifs is 1. The van der Waals surface area contributed by atoms with Crippen LogP contribution >= 0.6 is 0 Å². The molecule has 0 bridgehead atoms. The molecule has 0 aliphatic heterocycles. The van der Waals surface area contributed by atoms with Gasteiger partial charge in [0.25, 0.3) is 5.91 Å². The van der Waals surface area contributed by atoms with Crippen molar-refractivity contribution >= 4 is 16.8 Å². The number of nitrogens with one attached hydrogen (secondary N) is 1. The Morgan fingerprint density at radius 2 is 2.15 bits per heavy atom. The molecule has 2 aromatic rings. The molecule has 2 rings (SSSR count). The van der Waals surface area contributed by atoms with E-state index in [-0.39, 0.29) is 5.91 Å². The van der Waals surface area contributed by atoms with Crippen molar-refractivity contribution in [2.24, 2.45) is 5.11 Å². The van der Waals surface area contributed by atoms with Gasteiger partial charge in [-0.2, -0.15) is 0 Å². The number of azide groups is 1. The molecule has 102 valence electrons. The number of carbonyl (C=O) groups is 1. The van der Waals surface area contributed by atoms with Crippen LogP contribution in [0.1, 0.15) is 23.2 Å². The molecular weight excluding hydrogens is 254 g/mol. The third kappa shape index (κ3) is 3.46. The fourth-order valence-corrected chi connectivity index (χ4v) is 1.94. The van der Waals surface area contributed by atoms with E-state index in [0.717, 1.165) is 18.2 Å². The fraction of sp³-hybridized carbons (Fsp3) is 0.286. The maximum absolute atomic E-state index is 12.1. The average Bonchev–Trinajstić information content (AvgIpc) is 2.50. The van der Waals surface area contributed by atoms with Gasteiger partial charge in [0.05, 0.1) is 11.1 Å². The quantitative estimate of drug-likeness (QED) is 0.378. The van der Waals surface area contributed by atoms with Crippen molar-refractivity contribution in [2.75, 3.05) is 13.1 Å². The molecule has 0 saturated carbocycles. The molecule has 0 saturated heterocycles. The summed E-state index contributed by atoms with van der Waals surface area (Å²) in [5.41, 5.74) is 9.43. The largest absolute Gasteiger partial charge is 0.352 e. The first-order chi connectivity index (χ1) is 9.83. The highest BCUT2D eigenvalue weighted by Gasteiger charge is 2.09. The fourth-order valence-electron chi connectivity index (χ4n) is 1.94. The average molecular weight is 269 g/mol. The van der Waals surface area contributed by atoms with Crippen molar-refractivity contribution in [1.82, 2.24) is 10.3 Å². The molecule has 1 N–H and O–H groups in total. The van der Waals surface area contributed by atoms with E-state index in [1.165, 1.54) is 0 Å². The Balaban J connectivity index is 1.96. The summed E-state index contributed by atoms with van der Waals surface area (Å²) in [6, 6.07) is 9.32. The van der Waals surface area contributed by atoms with Crippen LogP contribution in [0.5, 0.6) is 0 Å². The van der Waals surface area contributed by atoms with Crippen LogP contribution in [0.4, 0.5) is 0 Å². The monoisotopic (exact) mass is 269 g/mol. The molecule has 0 radical (unpaired) electrons. The zero-order valence-electron chi connectivity index (χ0n) is 11.0. The Kier molecular flexibility index (Phi) is 4.92. The number of hydrogen-bond donors (Lipinski definition) is 1. The highest BCUT2D eigenvalue weighted by Crippen LogP contribution is 2.15. The highest BCUT2D eigenvalue weighted by atomic mass is 16.1. The summed E-state index contributed by atoms with van der Waals surface area (Å²) in [5, 5.41) is 7.25. The summed E-state index contributed by atoms with van der Waals surface area (Å²) >= 11 is 0. The van der Waals surface area contributed by atoms with E-state index in [9.17, 15) is 4.79 Å². The van der Waals surface area contributed by atoms with E-state index in [4.69, 9.17) is 5.53 Å². The lowest BCUT2D eigenvalue weighted by atomic mass is 10.1. The standard InChI is InChI=1S/C14H15N5O/c15-19-18-10-2-1-8-17-14(20)12-7-3-5-11-6-4-9-16-13(11)12/h3-7,9H,1-2,8,10H2,(H,17,20). The molecule has 20 heavy (non-hydrogen) atoms. The van der Waals surface area contributed by atoms with Gasteiger partial charge >= 0.3 is 0 Å². The van der Waals surface area contributed by atoms with Crippen molar-refractivity contribution in [3.8, 4) is 0 Å². The number of para-hydroxylation sites is 1. The van der Waals surface area contributed by atoms with Gasteiger partial charge in [-0.05, 0) is 30.5 Å². The van der Waals surface area contributed by atoms with Crippen molar-refractivity contribution in [2.45, 2.75) is 12.8 Å². The molecule has 0 atom stereocenters. The molecule has 0 unspecified atom stereocenters. The number of amides is 1. The summed E-state index contributed by atoms with van der Waals surface area (Å²) in [6.07, 6.45) is 3.22. The van der Waals surface area contributed by atoms with Gasteiger partial charge in [-0.25, -0.2) is 0 Å². The second-order valence-electron chi connectivity index (χ2n) is 4.30. The minimum absolute atomic E-state index is 0.127. The van der Waals surface area contributed by atoms with Crippen LogP contribution in [-0.4, -0.2) is 24.0 Å². The second kappa shape index (κ2) is 7.11. The van der Waals surface area contributed by atoms with Gasteiger partial charge < -0.3 is 5.32 Å². The zero-order chi connectivity index (χ0) is 14.2. The van der Waals surface area contributed by atoms with Gasteiger partial charge in [-0.3, -0.25) is 9.78 Å². The summed E-state index contributed by atoms with van der Waals surface area (Å²) in [7, 11) is 0. The van der Waals surface area contributed by atoms with Crippen LogP contribution in [0.25, 0.3) is 21.3 Å². The molecule has 6 heteroatoms. The van der Waals surface area contributed by atoms with Gasteiger partial charge in [-0.15, -0.1) is 0 Å². The molecule has 6 nitrogen and oxygen atoms in total. The predicted octanol–water partition coefficient (Wildman–Crippen LogP) is 3.06. The van der Waals surface area contributed by atoms with E-state index in [1.807, 2.05) is 24.3 Å². The first-order valence-electron chi connectivity index (χ1n) is 6.46. The molecule has 0 spiro atoms. The molecular formula is C14H15N5O. The van der Waals surface area contributed by atoms with Gasteiger partial charge in [0.15, 0.2) is 0 Å². The third-order valence-electron chi connectivity index (χ3n) is 2.91. The molecule has 1 heterocycles. The van der Waals surface area contributed by atoms with E-state index in [1.54, 1.807) is 12.3 Å². The number of benzene rings is 1. The van der Waals surface area contributed by atoms with Gasteiger partial charge in [0.2, 0.25) is 0 Å². The third-order valence-corrected chi connectivity index (χ3v) is 2.91. The van der Waals surface area contributed by atoms with Crippen molar-refractivity contribution in [3.63, 3.8) is 0 Å². The molecule has 0 fully saturated rings.